The lowest BCUT2D eigenvalue weighted by Gasteiger charge is -2.14. The fourth-order valence-corrected chi connectivity index (χ4v) is 3.20. The van der Waals surface area contributed by atoms with Gasteiger partial charge in [-0.15, -0.1) is 0 Å². The molecular formula is C38H30O8. The molecule has 0 spiro atoms. The third-order valence-electron chi connectivity index (χ3n) is 5.71. The topological polar surface area (TPSA) is 105 Å². The molecule has 0 unspecified atom stereocenters. The van der Waals surface area contributed by atoms with Crippen molar-refractivity contribution in [1.29, 1.82) is 0 Å². The van der Waals surface area contributed by atoms with Crippen LogP contribution in [0.1, 0.15) is 49.9 Å². The molecule has 0 N–H and O–H groups in total. The van der Waals surface area contributed by atoms with Gasteiger partial charge in [0.05, 0.1) is 11.1 Å². The first-order valence-corrected chi connectivity index (χ1v) is 13.7. The quantitative estimate of drug-likeness (QED) is 0.124. The maximum atomic E-state index is 12.7. The minimum atomic E-state index is -0.774. The van der Waals surface area contributed by atoms with E-state index < -0.39 is 23.9 Å². The van der Waals surface area contributed by atoms with Crippen LogP contribution in [-0.2, 0) is 19.2 Å². The molecule has 8 nitrogen and oxygen atoms in total. The van der Waals surface area contributed by atoms with Gasteiger partial charge in [-0.2, -0.15) is 0 Å². The van der Waals surface area contributed by atoms with Gasteiger partial charge in [-0.25, -0.2) is 19.2 Å². The minimum Gasteiger partial charge on any atom is -0.423 e. The van der Waals surface area contributed by atoms with Gasteiger partial charge in [-0.1, -0.05) is 50.0 Å². The van der Waals surface area contributed by atoms with Crippen LogP contribution < -0.4 is 18.9 Å². The van der Waals surface area contributed by atoms with Gasteiger partial charge in [-0.05, 0) is 88.4 Å². The van der Waals surface area contributed by atoms with Crippen molar-refractivity contribution in [3.05, 3.63) is 132 Å². The molecule has 0 aliphatic heterocycles. The summed E-state index contributed by atoms with van der Waals surface area (Å²) in [5.41, 5.74) is 2.24. The molecule has 0 radical (unpaired) electrons. The molecule has 0 saturated carbocycles. The first-order chi connectivity index (χ1) is 21.7. The Bertz CT molecular complexity index is 1760. The van der Waals surface area contributed by atoms with E-state index in [1.807, 2.05) is 0 Å². The van der Waals surface area contributed by atoms with E-state index in [9.17, 15) is 19.2 Å². The Morgan fingerprint density at radius 2 is 0.717 bits per heavy atom. The lowest BCUT2D eigenvalue weighted by atomic mass is 10.1. The summed E-state index contributed by atoms with van der Waals surface area (Å²) < 4.78 is 21.6. The maximum absolute atomic E-state index is 12.7. The molecule has 3 aromatic rings. The van der Waals surface area contributed by atoms with Crippen molar-refractivity contribution >= 4 is 23.9 Å². The monoisotopic (exact) mass is 614 g/mol. The van der Waals surface area contributed by atoms with Gasteiger partial charge in [0.2, 0.25) is 0 Å². The van der Waals surface area contributed by atoms with Crippen molar-refractivity contribution in [2.45, 2.75) is 27.7 Å². The second kappa shape index (κ2) is 15.4. The van der Waals surface area contributed by atoms with Gasteiger partial charge < -0.3 is 18.9 Å². The zero-order valence-corrected chi connectivity index (χ0v) is 25.9. The van der Waals surface area contributed by atoms with E-state index in [0.717, 1.165) is 0 Å². The SMILES string of the molecule is C=C(C)C(=O)Oc1ccc(C#Cc2ccc(C#Cc3ccc(OC(=O)C(=C)C)cc3)c(OC(=O)C(=C)C)c2OC(=O)C(=C)C)cc1. The number of rotatable bonds is 8. The Labute approximate surface area is 267 Å². The summed E-state index contributed by atoms with van der Waals surface area (Å²) in [6.07, 6.45) is 0. The summed E-state index contributed by atoms with van der Waals surface area (Å²) >= 11 is 0. The second-order valence-electron chi connectivity index (χ2n) is 10.0. The van der Waals surface area contributed by atoms with Gasteiger partial charge in [0.15, 0.2) is 11.5 Å². The molecule has 0 amide bonds. The van der Waals surface area contributed by atoms with Gasteiger partial charge in [0.25, 0.3) is 0 Å². The fraction of sp³-hybridized carbons (Fsp3) is 0.105. The number of hydrogen-bond donors (Lipinski definition) is 0. The molecule has 0 fully saturated rings. The first kappa shape index (κ1) is 34.1. The van der Waals surface area contributed by atoms with Crippen molar-refractivity contribution in [3.8, 4) is 46.7 Å². The van der Waals surface area contributed by atoms with E-state index in [4.69, 9.17) is 18.9 Å². The molecule has 0 heterocycles. The van der Waals surface area contributed by atoms with Crippen molar-refractivity contribution in [3.63, 3.8) is 0 Å². The molecular weight excluding hydrogens is 584 g/mol. The van der Waals surface area contributed by atoms with Crippen LogP contribution in [0.4, 0.5) is 0 Å². The largest absolute Gasteiger partial charge is 0.423 e. The normalized spacial score (nSPS) is 9.65. The van der Waals surface area contributed by atoms with Gasteiger partial charge in [0, 0.05) is 33.4 Å². The highest BCUT2D eigenvalue weighted by molar-refractivity contribution is 5.92. The average Bonchev–Trinajstić information content (AvgIpc) is 3.01. The van der Waals surface area contributed by atoms with Crippen LogP contribution in [-0.4, -0.2) is 23.9 Å². The van der Waals surface area contributed by atoms with Gasteiger partial charge >= 0.3 is 23.9 Å². The Kier molecular flexibility index (Phi) is 11.4. The van der Waals surface area contributed by atoms with E-state index in [1.54, 1.807) is 74.5 Å². The summed E-state index contributed by atoms with van der Waals surface area (Å²) in [4.78, 5) is 48.9. The molecule has 0 atom stereocenters. The number of carbonyl (C=O) groups excluding carboxylic acids is 4. The molecule has 46 heavy (non-hydrogen) atoms. The van der Waals surface area contributed by atoms with E-state index in [-0.39, 0.29) is 44.9 Å². The molecule has 3 aromatic carbocycles. The number of hydrogen-bond acceptors (Lipinski definition) is 8. The molecule has 3 rings (SSSR count). The summed E-state index contributed by atoms with van der Waals surface area (Å²) in [5.74, 6) is 9.48. The number of ether oxygens (including phenoxy) is 4. The smallest absolute Gasteiger partial charge is 0.338 e. The Hall–Kier alpha value is -6.38. The van der Waals surface area contributed by atoms with Crippen molar-refractivity contribution < 1.29 is 38.1 Å². The molecule has 0 aromatic heterocycles. The lowest BCUT2D eigenvalue weighted by Crippen LogP contribution is -2.14. The third kappa shape index (κ3) is 9.57. The van der Waals surface area contributed by atoms with Crippen LogP contribution in [0, 0.1) is 23.7 Å². The summed E-state index contributed by atoms with van der Waals surface area (Å²) in [5, 5.41) is 0. The molecule has 0 saturated heterocycles. The van der Waals surface area contributed by atoms with Crippen LogP contribution in [0.5, 0.6) is 23.0 Å². The van der Waals surface area contributed by atoms with Crippen LogP contribution >= 0.6 is 0 Å². The van der Waals surface area contributed by atoms with Crippen LogP contribution in [0.15, 0.2) is 109 Å². The molecule has 0 bridgehead atoms. The standard InChI is InChI=1S/C38H30O8/c1-23(2)35(39)43-31-19-11-27(12-20-31)9-15-29-17-18-30(16-10-28-13-21-32(22-14-28)44-36(40)24(3)4)34(46-38(42)26(7)8)33(29)45-37(41)25(5)6/h11-14,17-22H,1,3,5,7H2,2,4,6,8H3. The van der Waals surface area contributed by atoms with Crippen molar-refractivity contribution in [2.75, 3.05) is 0 Å². The average molecular weight is 615 g/mol. The first-order valence-electron chi connectivity index (χ1n) is 13.7. The number of benzene rings is 3. The third-order valence-corrected chi connectivity index (χ3v) is 5.71. The Morgan fingerprint density at radius 3 is 1.00 bits per heavy atom. The highest BCUT2D eigenvalue weighted by atomic mass is 16.6. The zero-order valence-electron chi connectivity index (χ0n) is 25.9. The van der Waals surface area contributed by atoms with E-state index in [0.29, 0.717) is 22.6 Å². The summed E-state index contributed by atoms with van der Waals surface area (Å²) in [6, 6.07) is 16.0. The van der Waals surface area contributed by atoms with Crippen molar-refractivity contribution in [1.82, 2.24) is 0 Å². The Balaban J connectivity index is 2.07. The van der Waals surface area contributed by atoms with Crippen LogP contribution in [0.2, 0.25) is 0 Å². The molecule has 8 heteroatoms. The van der Waals surface area contributed by atoms with Gasteiger partial charge in [0.1, 0.15) is 11.5 Å². The molecule has 0 aliphatic rings. The van der Waals surface area contributed by atoms with Crippen molar-refractivity contribution in [2.24, 2.45) is 0 Å². The van der Waals surface area contributed by atoms with Crippen LogP contribution in [0.3, 0.4) is 0 Å². The van der Waals surface area contributed by atoms with E-state index in [1.165, 1.54) is 13.8 Å². The minimum absolute atomic E-state index is 0.0971. The fourth-order valence-electron chi connectivity index (χ4n) is 3.20. The number of esters is 4. The highest BCUT2D eigenvalue weighted by Gasteiger charge is 2.22. The van der Waals surface area contributed by atoms with E-state index >= 15 is 0 Å². The van der Waals surface area contributed by atoms with Crippen LogP contribution in [0.25, 0.3) is 0 Å². The van der Waals surface area contributed by atoms with E-state index in [2.05, 4.69) is 50.0 Å². The maximum Gasteiger partial charge on any atom is 0.338 e. The molecule has 0 aliphatic carbocycles. The second-order valence-corrected chi connectivity index (χ2v) is 10.0. The summed E-state index contributed by atoms with van der Waals surface area (Å²) in [6.45, 7) is 20.4. The van der Waals surface area contributed by atoms with Gasteiger partial charge in [-0.3, -0.25) is 0 Å². The highest BCUT2D eigenvalue weighted by Crippen LogP contribution is 2.36. The predicted octanol–water partition coefficient (Wildman–Crippen LogP) is 6.41. The number of carbonyl (C=O) groups is 4. The molecule has 230 valence electrons. The summed E-state index contributed by atoms with van der Waals surface area (Å²) in [7, 11) is 0. The predicted molar refractivity (Wildman–Crippen MR) is 173 cm³/mol. The lowest BCUT2D eigenvalue weighted by molar-refractivity contribution is -0.132. The zero-order chi connectivity index (χ0) is 34.0. The Morgan fingerprint density at radius 1 is 0.435 bits per heavy atom.